The lowest BCUT2D eigenvalue weighted by molar-refractivity contribution is -0.233. The number of aliphatic hydroxyl groups excluding tert-OH is 7. The Hall–Kier alpha value is -2.24. The van der Waals surface area contributed by atoms with Crippen LogP contribution in [0.5, 0.6) is 0 Å². The molecule has 1 heterocycles. The maximum Gasteiger partial charge on any atom is 0.253 e. The number of hydrogen-bond donors (Lipinski definition) is 10. The first-order valence-corrected chi connectivity index (χ1v) is 10.3. The van der Waals surface area contributed by atoms with Crippen LogP contribution in [-0.2, 0) is 9.47 Å². The van der Waals surface area contributed by atoms with Gasteiger partial charge in [0.15, 0.2) is 18.7 Å². The number of aliphatic hydroxyl groups is 8. The summed E-state index contributed by atoms with van der Waals surface area (Å²) in [6.45, 7) is -0.00288. The zero-order valence-electron chi connectivity index (χ0n) is 18.1. The SMILES string of the molecule is CC(O)C(CO)OC(NC(=O)c1ccc(C(=O)NC2OC(CO)C(O)C(O)C2O)cc1)C(O)O. The van der Waals surface area contributed by atoms with Gasteiger partial charge in [0.1, 0.15) is 30.5 Å². The van der Waals surface area contributed by atoms with Gasteiger partial charge in [-0.25, -0.2) is 0 Å². The van der Waals surface area contributed by atoms with Crippen molar-refractivity contribution < 1.29 is 59.9 Å². The van der Waals surface area contributed by atoms with Crippen LogP contribution in [0.15, 0.2) is 24.3 Å². The van der Waals surface area contributed by atoms with E-state index >= 15 is 0 Å². The largest absolute Gasteiger partial charge is 0.394 e. The molecule has 1 aliphatic rings. The fourth-order valence-corrected chi connectivity index (χ4v) is 3.10. The number of hydrogen-bond acceptors (Lipinski definition) is 12. The van der Waals surface area contributed by atoms with Gasteiger partial charge >= 0.3 is 0 Å². The maximum absolute atomic E-state index is 12.5. The summed E-state index contributed by atoms with van der Waals surface area (Å²) in [6.07, 6.45) is -13.7. The highest BCUT2D eigenvalue weighted by atomic mass is 16.6. The van der Waals surface area contributed by atoms with Gasteiger partial charge in [-0.15, -0.1) is 0 Å². The highest BCUT2D eigenvalue weighted by Gasteiger charge is 2.44. The van der Waals surface area contributed by atoms with Crippen molar-refractivity contribution in [3.8, 4) is 0 Å². The second kappa shape index (κ2) is 12.5. The molecule has 14 heteroatoms. The van der Waals surface area contributed by atoms with Crippen LogP contribution in [0, 0.1) is 0 Å². The summed E-state index contributed by atoms with van der Waals surface area (Å²) < 4.78 is 10.3. The van der Waals surface area contributed by atoms with Gasteiger partial charge < -0.3 is 61.0 Å². The lowest BCUT2D eigenvalue weighted by Crippen LogP contribution is -2.63. The van der Waals surface area contributed by atoms with Crippen LogP contribution in [0.25, 0.3) is 0 Å². The number of rotatable bonds is 10. The molecule has 0 aliphatic carbocycles. The monoisotopic (exact) mass is 490 g/mol. The van der Waals surface area contributed by atoms with Crippen molar-refractivity contribution in [3.05, 3.63) is 35.4 Å². The van der Waals surface area contributed by atoms with Crippen molar-refractivity contribution in [2.45, 2.75) is 62.3 Å². The predicted octanol–water partition coefficient (Wildman–Crippen LogP) is -4.66. The van der Waals surface area contributed by atoms with E-state index in [4.69, 9.17) is 9.47 Å². The van der Waals surface area contributed by atoms with E-state index in [1.807, 2.05) is 0 Å². The molecule has 14 nitrogen and oxygen atoms in total. The molecular weight excluding hydrogens is 460 g/mol. The quantitative estimate of drug-likeness (QED) is 0.139. The molecule has 0 bridgehead atoms. The molecule has 1 aromatic carbocycles. The predicted molar refractivity (Wildman–Crippen MR) is 111 cm³/mol. The average molecular weight is 490 g/mol. The van der Waals surface area contributed by atoms with E-state index in [9.17, 15) is 50.4 Å². The van der Waals surface area contributed by atoms with E-state index in [1.165, 1.54) is 31.2 Å². The van der Waals surface area contributed by atoms with Crippen molar-refractivity contribution in [3.63, 3.8) is 0 Å². The van der Waals surface area contributed by atoms with E-state index in [-0.39, 0.29) is 11.1 Å². The lowest BCUT2D eigenvalue weighted by atomic mass is 9.98. The van der Waals surface area contributed by atoms with E-state index < -0.39 is 80.4 Å². The summed E-state index contributed by atoms with van der Waals surface area (Å²) in [5.41, 5.74) is 0.0224. The van der Waals surface area contributed by atoms with E-state index in [1.54, 1.807) is 0 Å². The maximum atomic E-state index is 12.5. The van der Waals surface area contributed by atoms with Crippen LogP contribution in [0.2, 0.25) is 0 Å². The average Bonchev–Trinajstić information content (AvgIpc) is 2.81. The first-order chi connectivity index (χ1) is 16.0. The zero-order valence-corrected chi connectivity index (χ0v) is 18.1. The fourth-order valence-electron chi connectivity index (χ4n) is 3.10. The van der Waals surface area contributed by atoms with Crippen LogP contribution >= 0.6 is 0 Å². The van der Waals surface area contributed by atoms with Gasteiger partial charge in [0.05, 0.1) is 19.3 Å². The number of carbonyl (C=O) groups excluding carboxylic acids is 2. The molecule has 1 aliphatic heterocycles. The highest BCUT2D eigenvalue weighted by molar-refractivity contribution is 5.98. The Morgan fingerprint density at radius 1 is 0.971 bits per heavy atom. The molecule has 8 unspecified atom stereocenters. The van der Waals surface area contributed by atoms with Crippen molar-refractivity contribution in [1.82, 2.24) is 10.6 Å². The molecule has 34 heavy (non-hydrogen) atoms. The third kappa shape index (κ3) is 6.89. The first-order valence-electron chi connectivity index (χ1n) is 10.3. The van der Waals surface area contributed by atoms with Crippen molar-refractivity contribution >= 4 is 11.8 Å². The Morgan fingerprint density at radius 2 is 1.53 bits per heavy atom. The Kier molecular flexibility index (Phi) is 10.3. The molecule has 0 spiro atoms. The number of benzene rings is 1. The van der Waals surface area contributed by atoms with Crippen LogP contribution in [0.1, 0.15) is 27.6 Å². The Bertz CT molecular complexity index is 803. The second-order valence-electron chi connectivity index (χ2n) is 7.71. The van der Waals surface area contributed by atoms with Gasteiger partial charge in [-0.05, 0) is 31.2 Å². The van der Waals surface area contributed by atoms with Gasteiger partial charge in [0, 0.05) is 11.1 Å². The standard InChI is InChI=1S/C20H30N2O12/c1-8(25)11(6-23)33-19(20(31)32)22-17(30)10-4-2-9(3-5-10)16(29)21-18-15(28)14(27)13(26)12(7-24)34-18/h2-5,8,11-15,18-20,23-28,31-32H,6-7H2,1H3,(H,21,29)(H,22,30). The molecule has 0 aromatic heterocycles. The van der Waals surface area contributed by atoms with E-state index in [2.05, 4.69) is 10.6 Å². The van der Waals surface area contributed by atoms with Crippen LogP contribution in [-0.4, -0.2) is 121 Å². The molecule has 2 rings (SSSR count). The number of carbonyl (C=O) groups is 2. The second-order valence-corrected chi connectivity index (χ2v) is 7.71. The summed E-state index contributed by atoms with van der Waals surface area (Å²) in [4.78, 5) is 24.9. The lowest BCUT2D eigenvalue weighted by Gasteiger charge is -2.40. The molecule has 1 fully saturated rings. The molecule has 0 saturated carbocycles. The molecule has 2 amide bonds. The van der Waals surface area contributed by atoms with Crippen LogP contribution in [0.3, 0.4) is 0 Å². The number of amides is 2. The summed E-state index contributed by atoms with van der Waals surface area (Å²) in [5.74, 6) is -1.58. The normalized spacial score (nSPS) is 27.6. The minimum Gasteiger partial charge on any atom is -0.394 e. The van der Waals surface area contributed by atoms with Gasteiger partial charge in [0.2, 0.25) is 0 Å². The van der Waals surface area contributed by atoms with Crippen LogP contribution in [0.4, 0.5) is 0 Å². The molecule has 10 N–H and O–H groups in total. The molecule has 0 radical (unpaired) electrons. The smallest absolute Gasteiger partial charge is 0.253 e. The van der Waals surface area contributed by atoms with Gasteiger partial charge in [-0.3, -0.25) is 9.59 Å². The minimum atomic E-state index is -2.17. The minimum absolute atomic E-state index is 0.00349. The Balaban J connectivity index is 2.03. The third-order valence-corrected chi connectivity index (χ3v) is 5.16. The molecule has 8 atom stereocenters. The third-order valence-electron chi connectivity index (χ3n) is 5.16. The molecular formula is C20H30N2O12. The number of ether oxygens (including phenoxy) is 2. The van der Waals surface area contributed by atoms with Gasteiger partial charge in [0.25, 0.3) is 11.8 Å². The van der Waals surface area contributed by atoms with Crippen LogP contribution < -0.4 is 10.6 Å². The molecule has 192 valence electrons. The van der Waals surface area contributed by atoms with Gasteiger partial charge in [-0.2, -0.15) is 0 Å². The first kappa shape index (κ1) is 28.0. The Labute approximate surface area is 194 Å². The van der Waals surface area contributed by atoms with E-state index in [0.29, 0.717) is 0 Å². The molecule has 1 aromatic rings. The summed E-state index contributed by atoms with van der Waals surface area (Å²) in [5, 5.41) is 80.8. The van der Waals surface area contributed by atoms with E-state index in [0.717, 1.165) is 0 Å². The summed E-state index contributed by atoms with van der Waals surface area (Å²) >= 11 is 0. The van der Waals surface area contributed by atoms with Crippen molar-refractivity contribution in [2.75, 3.05) is 13.2 Å². The summed E-state index contributed by atoms with van der Waals surface area (Å²) in [7, 11) is 0. The Morgan fingerprint density at radius 3 is 2.00 bits per heavy atom. The zero-order chi connectivity index (χ0) is 25.6. The topological polar surface area (TPSA) is 238 Å². The fraction of sp³-hybridized carbons (Fsp3) is 0.600. The van der Waals surface area contributed by atoms with Gasteiger partial charge in [-0.1, -0.05) is 0 Å². The summed E-state index contributed by atoms with van der Waals surface area (Å²) in [6, 6.07) is 4.95. The molecule has 1 saturated heterocycles. The van der Waals surface area contributed by atoms with Crippen molar-refractivity contribution in [1.29, 1.82) is 0 Å². The highest BCUT2D eigenvalue weighted by Crippen LogP contribution is 2.20. The number of nitrogens with one attached hydrogen (secondary N) is 2. The van der Waals surface area contributed by atoms with Crippen molar-refractivity contribution in [2.24, 2.45) is 0 Å².